The minimum atomic E-state index is -0.954. The Balaban J connectivity index is 2.02. The maximum atomic E-state index is 12.8. The molecule has 0 aliphatic rings. The van der Waals surface area contributed by atoms with Crippen LogP contribution < -0.4 is 5.32 Å². The number of thioether (sulfide) groups is 1. The van der Waals surface area contributed by atoms with E-state index in [9.17, 15) is 9.18 Å². The van der Waals surface area contributed by atoms with Crippen molar-refractivity contribution >= 4 is 35.1 Å². The van der Waals surface area contributed by atoms with E-state index in [4.69, 9.17) is 16.7 Å². The number of carboxylic acid groups (broad SMARTS) is 1. The second-order valence-corrected chi connectivity index (χ2v) is 5.35. The predicted octanol–water partition coefficient (Wildman–Crippen LogP) is 3.06. The third-order valence-electron chi connectivity index (χ3n) is 2.39. The van der Waals surface area contributed by atoms with E-state index in [0.717, 1.165) is 17.3 Å². The highest BCUT2D eigenvalue weighted by molar-refractivity contribution is 7.99. The number of aromatic nitrogens is 2. The van der Waals surface area contributed by atoms with E-state index in [2.05, 4.69) is 15.3 Å². The van der Waals surface area contributed by atoms with Gasteiger partial charge >= 0.3 is 5.97 Å². The molecule has 0 saturated heterocycles. The summed E-state index contributed by atoms with van der Waals surface area (Å²) in [6.07, 6.45) is 0. The first kappa shape index (κ1) is 15.5. The highest BCUT2D eigenvalue weighted by Gasteiger charge is 2.06. The maximum Gasteiger partial charge on any atom is 0.313 e. The van der Waals surface area contributed by atoms with Crippen LogP contribution in [0, 0.1) is 5.82 Å². The Labute approximate surface area is 129 Å². The predicted molar refractivity (Wildman–Crippen MR) is 79.1 cm³/mol. The Morgan fingerprint density at radius 1 is 1.33 bits per heavy atom. The van der Waals surface area contributed by atoms with Crippen molar-refractivity contribution in [2.75, 3.05) is 11.1 Å². The molecule has 1 aromatic heterocycles. The monoisotopic (exact) mass is 327 g/mol. The quantitative estimate of drug-likeness (QED) is 0.482. The van der Waals surface area contributed by atoms with Gasteiger partial charge in [0.05, 0.1) is 5.75 Å². The number of halogens is 2. The van der Waals surface area contributed by atoms with Gasteiger partial charge in [-0.1, -0.05) is 35.5 Å². The molecule has 0 radical (unpaired) electrons. The van der Waals surface area contributed by atoms with Crippen LogP contribution in [0.5, 0.6) is 0 Å². The Kier molecular flexibility index (Phi) is 5.35. The second-order valence-electron chi connectivity index (χ2n) is 4.02. The van der Waals surface area contributed by atoms with Gasteiger partial charge in [-0.2, -0.15) is 0 Å². The topological polar surface area (TPSA) is 75.1 Å². The number of nitrogens with zero attached hydrogens (tertiary/aromatic N) is 2. The normalized spacial score (nSPS) is 10.4. The van der Waals surface area contributed by atoms with Crippen molar-refractivity contribution < 1.29 is 14.3 Å². The van der Waals surface area contributed by atoms with Crippen molar-refractivity contribution in [2.45, 2.75) is 11.7 Å². The number of anilines is 1. The first-order valence-corrected chi connectivity index (χ1v) is 7.27. The third-order valence-corrected chi connectivity index (χ3v) is 3.41. The van der Waals surface area contributed by atoms with Gasteiger partial charge in [-0.3, -0.25) is 4.79 Å². The molecule has 1 aromatic carbocycles. The molecule has 110 valence electrons. The van der Waals surface area contributed by atoms with Gasteiger partial charge in [-0.05, 0) is 17.7 Å². The highest BCUT2D eigenvalue weighted by atomic mass is 35.5. The number of carbonyl (C=O) groups is 1. The van der Waals surface area contributed by atoms with Crippen LogP contribution in [0.2, 0.25) is 5.15 Å². The van der Waals surface area contributed by atoms with Gasteiger partial charge in [0.2, 0.25) is 0 Å². The smallest absolute Gasteiger partial charge is 0.313 e. The summed E-state index contributed by atoms with van der Waals surface area (Å²) < 4.78 is 12.8. The highest BCUT2D eigenvalue weighted by Crippen LogP contribution is 2.19. The number of hydrogen-bond donors (Lipinski definition) is 2. The van der Waals surface area contributed by atoms with E-state index < -0.39 is 5.97 Å². The fraction of sp³-hybridized carbons (Fsp3) is 0.154. The van der Waals surface area contributed by atoms with Gasteiger partial charge in [-0.15, -0.1) is 0 Å². The number of nitrogens with one attached hydrogen (secondary N) is 1. The van der Waals surface area contributed by atoms with Gasteiger partial charge in [0.25, 0.3) is 0 Å². The van der Waals surface area contributed by atoms with Crippen LogP contribution in [0.4, 0.5) is 10.2 Å². The first-order chi connectivity index (χ1) is 10.0. The third kappa shape index (κ3) is 5.20. The van der Waals surface area contributed by atoms with Gasteiger partial charge in [-0.25, -0.2) is 14.4 Å². The molecule has 0 aliphatic carbocycles. The van der Waals surface area contributed by atoms with Crippen LogP contribution in [-0.2, 0) is 11.3 Å². The van der Waals surface area contributed by atoms with Crippen LogP contribution >= 0.6 is 23.4 Å². The molecule has 0 bridgehead atoms. The summed E-state index contributed by atoms with van der Waals surface area (Å²) in [5.74, 6) is -0.912. The molecule has 21 heavy (non-hydrogen) atoms. The molecule has 0 unspecified atom stereocenters. The molecule has 2 rings (SSSR count). The molecule has 0 fully saturated rings. The lowest BCUT2D eigenvalue weighted by Crippen LogP contribution is -2.04. The molecular weight excluding hydrogens is 317 g/mol. The second kappa shape index (κ2) is 7.24. The number of rotatable bonds is 6. The number of carboxylic acids is 1. The average molecular weight is 328 g/mol. The van der Waals surface area contributed by atoms with Crippen LogP contribution in [0.15, 0.2) is 35.5 Å². The van der Waals surface area contributed by atoms with Crippen molar-refractivity contribution in [1.29, 1.82) is 0 Å². The van der Waals surface area contributed by atoms with Gasteiger partial charge in [0.15, 0.2) is 5.16 Å². The van der Waals surface area contributed by atoms with Gasteiger partial charge < -0.3 is 10.4 Å². The van der Waals surface area contributed by atoms with E-state index in [0.29, 0.717) is 12.4 Å². The molecule has 8 heteroatoms. The molecule has 2 aromatic rings. The molecule has 0 spiro atoms. The Morgan fingerprint density at radius 3 is 2.71 bits per heavy atom. The first-order valence-electron chi connectivity index (χ1n) is 5.90. The Bertz CT molecular complexity index is 640. The maximum absolute atomic E-state index is 12.8. The molecule has 0 saturated carbocycles. The fourth-order valence-electron chi connectivity index (χ4n) is 1.47. The SMILES string of the molecule is O=C(O)CSc1nc(Cl)cc(NCc2ccc(F)cc2)n1. The number of hydrogen-bond acceptors (Lipinski definition) is 5. The largest absolute Gasteiger partial charge is 0.481 e. The van der Waals surface area contributed by atoms with Crippen LogP contribution in [0.25, 0.3) is 0 Å². The van der Waals surface area contributed by atoms with Crippen molar-refractivity contribution in [1.82, 2.24) is 9.97 Å². The van der Waals surface area contributed by atoms with E-state index in [1.807, 2.05) is 0 Å². The molecular formula is C13H11ClFN3O2S. The van der Waals surface area contributed by atoms with Crippen molar-refractivity contribution in [3.8, 4) is 0 Å². The lowest BCUT2D eigenvalue weighted by Gasteiger charge is -2.07. The minimum Gasteiger partial charge on any atom is -0.481 e. The van der Waals surface area contributed by atoms with Crippen LogP contribution in [0.3, 0.4) is 0 Å². The van der Waals surface area contributed by atoms with E-state index >= 15 is 0 Å². The standard InChI is InChI=1S/C13H11ClFN3O2S/c14-10-5-11(18-13(17-10)21-7-12(19)20)16-6-8-1-3-9(15)4-2-8/h1-5H,6-7H2,(H,19,20)(H,16,17,18). The molecule has 0 amide bonds. The lowest BCUT2D eigenvalue weighted by atomic mass is 10.2. The Hall–Kier alpha value is -1.86. The van der Waals surface area contributed by atoms with Crippen molar-refractivity contribution in [2.24, 2.45) is 0 Å². The zero-order valence-corrected chi connectivity index (χ0v) is 12.3. The van der Waals surface area contributed by atoms with Crippen LogP contribution in [0.1, 0.15) is 5.56 Å². The average Bonchev–Trinajstić information content (AvgIpc) is 2.44. The number of benzene rings is 1. The minimum absolute atomic E-state index is 0.141. The zero-order valence-electron chi connectivity index (χ0n) is 10.7. The molecule has 1 heterocycles. The summed E-state index contributed by atoms with van der Waals surface area (Å²) >= 11 is 6.85. The zero-order chi connectivity index (χ0) is 15.2. The van der Waals surface area contributed by atoms with E-state index in [1.165, 1.54) is 18.2 Å². The van der Waals surface area contributed by atoms with Crippen LogP contribution in [-0.4, -0.2) is 26.8 Å². The summed E-state index contributed by atoms with van der Waals surface area (Å²) in [5.41, 5.74) is 0.880. The molecule has 5 nitrogen and oxygen atoms in total. The summed E-state index contributed by atoms with van der Waals surface area (Å²) in [7, 11) is 0. The fourth-order valence-corrected chi connectivity index (χ4v) is 2.28. The lowest BCUT2D eigenvalue weighted by molar-refractivity contribution is -0.133. The van der Waals surface area contributed by atoms with Gasteiger partial charge in [0, 0.05) is 12.6 Å². The molecule has 0 atom stereocenters. The summed E-state index contributed by atoms with van der Waals surface area (Å²) in [5, 5.41) is 12.2. The van der Waals surface area contributed by atoms with E-state index in [1.54, 1.807) is 12.1 Å². The summed E-state index contributed by atoms with van der Waals surface area (Å²) in [6.45, 7) is 0.441. The Morgan fingerprint density at radius 2 is 2.05 bits per heavy atom. The van der Waals surface area contributed by atoms with Crippen molar-refractivity contribution in [3.63, 3.8) is 0 Å². The van der Waals surface area contributed by atoms with E-state index in [-0.39, 0.29) is 21.9 Å². The van der Waals surface area contributed by atoms with Crippen molar-refractivity contribution in [3.05, 3.63) is 46.9 Å². The molecule has 0 aliphatic heterocycles. The molecule has 2 N–H and O–H groups in total. The summed E-state index contributed by atoms with van der Waals surface area (Å²) in [4.78, 5) is 18.6. The van der Waals surface area contributed by atoms with Gasteiger partial charge in [0.1, 0.15) is 16.8 Å². The number of aliphatic carboxylic acids is 1. The summed E-state index contributed by atoms with van der Waals surface area (Å²) in [6, 6.07) is 7.60.